The van der Waals surface area contributed by atoms with E-state index in [1.807, 2.05) is 0 Å². The maximum Gasteiger partial charge on any atom is 0.264 e. The summed E-state index contributed by atoms with van der Waals surface area (Å²) in [7, 11) is -3.46. The van der Waals surface area contributed by atoms with E-state index in [-0.39, 0.29) is 18.6 Å². The van der Waals surface area contributed by atoms with Crippen LogP contribution in [0.4, 0.5) is 0 Å². The second-order valence-corrected chi connectivity index (χ2v) is 11.5. The monoisotopic (exact) mass is 451 g/mol. The van der Waals surface area contributed by atoms with Gasteiger partial charge in [0.05, 0.1) is 18.2 Å². The Hall–Kier alpha value is -1.29. The minimum absolute atomic E-state index is 0.0442. The Balaban J connectivity index is 1.33. The van der Waals surface area contributed by atoms with Gasteiger partial charge in [0, 0.05) is 16.8 Å². The molecule has 3 heterocycles. The highest BCUT2D eigenvalue weighted by atomic mass is 32.2. The van der Waals surface area contributed by atoms with Gasteiger partial charge in [0.2, 0.25) is 5.88 Å². The number of thiophene rings is 1. The third-order valence-corrected chi connectivity index (χ3v) is 8.50. The molecule has 0 unspecified atom stereocenters. The first-order chi connectivity index (χ1) is 14.5. The molecule has 0 aromatic carbocycles. The smallest absolute Gasteiger partial charge is 0.264 e. The van der Waals surface area contributed by atoms with Crippen LogP contribution in [0.5, 0.6) is 5.88 Å². The summed E-state index contributed by atoms with van der Waals surface area (Å²) in [6, 6.07) is 0.709. The van der Waals surface area contributed by atoms with Gasteiger partial charge in [-0.2, -0.15) is 8.42 Å². The molecule has 0 radical (unpaired) electrons. The molecule has 2 fully saturated rings. The van der Waals surface area contributed by atoms with Gasteiger partial charge >= 0.3 is 0 Å². The topological polar surface area (TPSA) is 81.6 Å². The number of aryl methyl sites for hydroxylation is 1. The highest BCUT2D eigenvalue weighted by Crippen LogP contribution is 2.46. The standard InChI is InChI=1S/C21H29N3O4S2/c1-30(25,26)27-12-14-4-9-17-18(14)19-20(22-13-23-21(19)29-17)28-16-7-5-15(6-8-16)24-10-2-3-11-24/h13-16H,2-12H2,1H3/t14-,15-,16-/m1/s1. The van der Waals surface area contributed by atoms with E-state index in [4.69, 9.17) is 8.92 Å². The fraction of sp³-hybridized carbons (Fsp3) is 0.714. The first-order valence-electron chi connectivity index (χ1n) is 11.0. The van der Waals surface area contributed by atoms with Crippen LogP contribution in [-0.2, 0) is 20.7 Å². The van der Waals surface area contributed by atoms with Crippen molar-refractivity contribution in [2.75, 3.05) is 26.0 Å². The molecule has 3 aliphatic rings. The van der Waals surface area contributed by atoms with Gasteiger partial charge in [0.15, 0.2) is 0 Å². The fourth-order valence-electron chi connectivity index (χ4n) is 5.29. The molecular weight excluding hydrogens is 422 g/mol. The third-order valence-electron chi connectivity index (χ3n) is 6.76. The number of likely N-dealkylation sites (tertiary alicyclic amines) is 1. The number of rotatable bonds is 6. The molecule has 0 bridgehead atoms. The van der Waals surface area contributed by atoms with Crippen molar-refractivity contribution in [2.45, 2.75) is 69.4 Å². The van der Waals surface area contributed by atoms with Crippen molar-refractivity contribution in [3.8, 4) is 5.88 Å². The quantitative estimate of drug-likeness (QED) is 0.622. The first kappa shape index (κ1) is 20.6. The van der Waals surface area contributed by atoms with Gasteiger partial charge in [0.1, 0.15) is 17.3 Å². The Kier molecular flexibility index (Phi) is 5.72. The maximum absolute atomic E-state index is 11.5. The summed E-state index contributed by atoms with van der Waals surface area (Å²) in [6.45, 7) is 2.67. The van der Waals surface area contributed by atoms with Gasteiger partial charge in [-0.15, -0.1) is 11.3 Å². The summed E-state index contributed by atoms with van der Waals surface area (Å²) in [5.74, 6) is 0.705. The molecule has 1 saturated heterocycles. The normalized spacial score (nSPS) is 27.6. The van der Waals surface area contributed by atoms with E-state index in [0.717, 1.165) is 47.7 Å². The number of nitrogens with zero attached hydrogens (tertiary/aromatic N) is 3. The molecule has 7 nitrogen and oxygen atoms in total. The van der Waals surface area contributed by atoms with Crippen LogP contribution in [0, 0.1) is 0 Å². The Bertz CT molecular complexity index is 1010. The number of hydrogen-bond acceptors (Lipinski definition) is 8. The number of aromatic nitrogens is 2. The fourth-order valence-corrected chi connectivity index (χ4v) is 6.94. The predicted octanol–water partition coefficient (Wildman–Crippen LogP) is 3.48. The molecule has 164 valence electrons. The van der Waals surface area contributed by atoms with Crippen LogP contribution in [0.1, 0.15) is 61.3 Å². The zero-order valence-corrected chi connectivity index (χ0v) is 19.0. The second kappa shape index (κ2) is 8.33. The van der Waals surface area contributed by atoms with E-state index < -0.39 is 10.1 Å². The SMILES string of the molecule is CS(=O)(=O)OC[C@H]1CCc2sc3ncnc(O[C@H]4CC[C@H](N5CCCC5)CC4)c3c21. The number of ether oxygens (including phenoxy) is 1. The summed E-state index contributed by atoms with van der Waals surface area (Å²) in [5, 5.41) is 0.971. The highest BCUT2D eigenvalue weighted by molar-refractivity contribution is 7.85. The number of hydrogen-bond donors (Lipinski definition) is 0. The van der Waals surface area contributed by atoms with Crippen molar-refractivity contribution in [3.05, 3.63) is 16.8 Å². The molecule has 0 amide bonds. The first-order valence-corrected chi connectivity index (χ1v) is 13.6. The summed E-state index contributed by atoms with van der Waals surface area (Å²) in [4.78, 5) is 13.8. The maximum atomic E-state index is 11.5. The van der Waals surface area contributed by atoms with Gasteiger partial charge in [0.25, 0.3) is 10.1 Å². The summed E-state index contributed by atoms with van der Waals surface area (Å²) in [6.07, 6.45) is 11.8. The van der Waals surface area contributed by atoms with Gasteiger partial charge < -0.3 is 9.64 Å². The van der Waals surface area contributed by atoms with Crippen molar-refractivity contribution in [1.29, 1.82) is 0 Å². The molecule has 1 atom stereocenters. The minimum Gasteiger partial charge on any atom is -0.474 e. The molecule has 9 heteroatoms. The summed E-state index contributed by atoms with van der Waals surface area (Å²) in [5.41, 5.74) is 1.14. The Morgan fingerprint density at radius 3 is 2.63 bits per heavy atom. The molecule has 1 aliphatic heterocycles. The average Bonchev–Trinajstić information content (AvgIpc) is 3.44. The third kappa shape index (κ3) is 4.22. The van der Waals surface area contributed by atoms with Crippen molar-refractivity contribution in [2.24, 2.45) is 0 Å². The van der Waals surface area contributed by atoms with Crippen LogP contribution in [0.2, 0.25) is 0 Å². The molecule has 30 heavy (non-hydrogen) atoms. The molecule has 2 aliphatic carbocycles. The Labute approximate surface area is 181 Å². The predicted molar refractivity (Wildman–Crippen MR) is 117 cm³/mol. The lowest BCUT2D eigenvalue weighted by molar-refractivity contribution is 0.0978. The van der Waals surface area contributed by atoms with Crippen molar-refractivity contribution in [3.63, 3.8) is 0 Å². The Morgan fingerprint density at radius 1 is 1.13 bits per heavy atom. The van der Waals surface area contributed by atoms with E-state index in [0.29, 0.717) is 11.9 Å². The lowest BCUT2D eigenvalue weighted by Crippen LogP contribution is -2.38. The van der Waals surface area contributed by atoms with Crippen molar-refractivity contribution in [1.82, 2.24) is 14.9 Å². The Morgan fingerprint density at radius 2 is 1.90 bits per heavy atom. The molecular formula is C21H29N3O4S2. The van der Waals surface area contributed by atoms with Gasteiger partial charge in [-0.25, -0.2) is 9.97 Å². The van der Waals surface area contributed by atoms with Gasteiger partial charge in [-0.05, 0) is 70.0 Å². The van der Waals surface area contributed by atoms with Crippen LogP contribution in [-0.4, -0.2) is 61.4 Å². The van der Waals surface area contributed by atoms with Crippen LogP contribution < -0.4 is 4.74 Å². The minimum atomic E-state index is -3.46. The molecule has 2 aromatic rings. The van der Waals surface area contributed by atoms with Crippen LogP contribution in [0.15, 0.2) is 6.33 Å². The molecule has 1 saturated carbocycles. The largest absolute Gasteiger partial charge is 0.474 e. The van der Waals surface area contributed by atoms with E-state index in [1.54, 1.807) is 17.7 Å². The van der Waals surface area contributed by atoms with Crippen LogP contribution in [0.25, 0.3) is 10.2 Å². The van der Waals surface area contributed by atoms with Crippen LogP contribution >= 0.6 is 11.3 Å². The van der Waals surface area contributed by atoms with Crippen LogP contribution in [0.3, 0.4) is 0 Å². The molecule has 0 N–H and O–H groups in total. The van der Waals surface area contributed by atoms with Crippen molar-refractivity contribution < 1.29 is 17.3 Å². The number of fused-ring (bicyclic) bond motifs is 3. The van der Waals surface area contributed by atoms with E-state index in [1.165, 1.54) is 43.6 Å². The molecule has 2 aromatic heterocycles. The zero-order valence-electron chi connectivity index (χ0n) is 17.4. The van der Waals surface area contributed by atoms with Gasteiger partial charge in [-0.3, -0.25) is 4.18 Å². The van der Waals surface area contributed by atoms with E-state index in [9.17, 15) is 8.42 Å². The highest BCUT2D eigenvalue weighted by Gasteiger charge is 2.33. The average molecular weight is 452 g/mol. The molecule has 0 spiro atoms. The zero-order chi connectivity index (χ0) is 20.7. The van der Waals surface area contributed by atoms with Gasteiger partial charge in [-0.1, -0.05) is 0 Å². The second-order valence-electron chi connectivity index (χ2n) is 8.81. The lowest BCUT2D eigenvalue weighted by Gasteiger charge is -2.34. The lowest BCUT2D eigenvalue weighted by atomic mass is 9.92. The summed E-state index contributed by atoms with van der Waals surface area (Å²) >= 11 is 1.67. The summed E-state index contributed by atoms with van der Waals surface area (Å²) < 4.78 is 34.5. The van der Waals surface area contributed by atoms with Crippen molar-refractivity contribution >= 4 is 31.7 Å². The van der Waals surface area contributed by atoms with E-state index in [2.05, 4.69) is 14.9 Å². The molecule has 5 rings (SSSR count). The van der Waals surface area contributed by atoms with E-state index >= 15 is 0 Å².